The van der Waals surface area contributed by atoms with E-state index in [9.17, 15) is 9.59 Å². The fraction of sp³-hybridized carbons (Fsp3) is 0.333. The Morgan fingerprint density at radius 2 is 1.85 bits per heavy atom. The first-order valence-electron chi connectivity index (χ1n) is 8.96. The molecule has 142 valence electrons. The minimum Gasteiger partial charge on any atom is -0.497 e. The largest absolute Gasteiger partial charge is 0.497 e. The molecule has 3 rings (SSSR count). The number of hydrogen-bond acceptors (Lipinski definition) is 4. The smallest absolute Gasteiger partial charge is 0.260 e. The number of amides is 2. The van der Waals surface area contributed by atoms with Crippen LogP contribution in [0.5, 0.6) is 11.5 Å². The monoisotopic (exact) mass is 368 g/mol. The summed E-state index contributed by atoms with van der Waals surface area (Å²) in [5, 5.41) is 2.87. The van der Waals surface area contributed by atoms with Gasteiger partial charge in [0, 0.05) is 31.3 Å². The molecule has 0 atom stereocenters. The summed E-state index contributed by atoms with van der Waals surface area (Å²) < 4.78 is 10.8. The molecule has 0 aromatic heterocycles. The molecule has 0 heterocycles. The summed E-state index contributed by atoms with van der Waals surface area (Å²) in [6.07, 6.45) is 1.91. The Balaban J connectivity index is 1.51. The number of rotatable bonds is 8. The number of hydrogen-bond donors (Lipinski definition) is 1. The Bertz CT molecular complexity index is 817. The highest BCUT2D eigenvalue weighted by Crippen LogP contribution is 2.30. The zero-order valence-corrected chi connectivity index (χ0v) is 15.6. The average molecular weight is 368 g/mol. The van der Waals surface area contributed by atoms with Crippen molar-refractivity contribution in [3.63, 3.8) is 0 Å². The van der Waals surface area contributed by atoms with Gasteiger partial charge in [-0.1, -0.05) is 18.2 Å². The third-order valence-electron chi connectivity index (χ3n) is 4.39. The molecule has 27 heavy (non-hydrogen) atoms. The number of ether oxygens (including phenoxy) is 2. The zero-order chi connectivity index (χ0) is 19.2. The molecule has 6 nitrogen and oxygen atoms in total. The van der Waals surface area contributed by atoms with Crippen LogP contribution in [-0.2, 0) is 16.1 Å². The number of methoxy groups -OCH3 is 1. The van der Waals surface area contributed by atoms with Gasteiger partial charge in [0.2, 0.25) is 5.91 Å². The molecule has 1 aliphatic carbocycles. The summed E-state index contributed by atoms with van der Waals surface area (Å²) in [6, 6.07) is 14.7. The van der Waals surface area contributed by atoms with Crippen LogP contribution in [0, 0.1) is 5.92 Å². The van der Waals surface area contributed by atoms with Crippen molar-refractivity contribution < 1.29 is 19.1 Å². The van der Waals surface area contributed by atoms with Crippen LogP contribution in [0.3, 0.4) is 0 Å². The lowest BCUT2D eigenvalue weighted by Crippen LogP contribution is -2.30. The molecule has 0 saturated heterocycles. The molecule has 6 heteroatoms. The summed E-state index contributed by atoms with van der Waals surface area (Å²) in [7, 11) is 3.35. The topological polar surface area (TPSA) is 67.9 Å². The SMILES string of the molecule is COc1cccc(CN(C)C(=O)COc2cccc(NC(=O)C3CC3)c2)c1. The molecule has 1 fully saturated rings. The maximum absolute atomic E-state index is 12.3. The molecule has 0 unspecified atom stereocenters. The molecule has 2 aromatic rings. The second kappa shape index (κ2) is 8.58. The van der Waals surface area contributed by atoms with Gasteiger partial charge < -0.3 is 19.7 Å². The molecule has 0 spiro atoms. The van der Waals surface area contributed by atoms with E-state index >= 15 is 0 Å². The van der Waals surface area contributed by atoms with Gasteiger partial charge in [-0.15, -0.1) is 0 Å². The third-order valence-corrected chi connectivity index (χ3v) is 4.39. The van der Waals surface area contributed by atoms with Gasteiger partial charge in [0.15, 0.2) is 6.61 Å². The zero-order valence-electron chi connectivity index (χ0n) is 15.6. The molecule has 1 N–H and O–H groups in total. The third kappa shape index (κ3) is 5.48. The lowest BCUT2D eigenvalue weighted by Gasteiger charge is -2.18. The van der Waals surface area contributed by atoms with E-state index in [1.807, 2.05) is 30.3 Å². The van der Waals surface area contributed by atoms with Crippen molar-refractivity contribution >= 4 is 17.5 Å². The molecular formula is C21H24N2O4. The summed E-state index contributed by atoms with van der Waals surface area (Å²) in [6.45, 7) is 0.400. The average Bonchev–Trinajstić information content (AvgIpc) is 3.52. The van der Waals surface area contributed by atoms with Crippen LogP contribution in [0.1, 0.15) is 18.4 Å². The lowest BCUT2D eigenvalue weighted by atomic mass is 10.2. The summed E-state index contributed by atoms with van der Waals surface area (Å²) in [4.78, 5) is 25.8. The Morgan fingerprint density at radius 1 is 1.11 bits per heavy atom. The quantitative estimate of drug-likeness (QED) is 0.778. The van der Waals surface area contributed by atoms with Crippen molar-refractivity contribution in [2.24, 2.45) is 5.92 Å². The highest BCUT2D eigenvalue weighted by atomic mass is 16.5. The van der Waals surface area contributed by atoms with Crippen LogP contribution >= 0.6 is 0 Å². The first-order chi connectivity index (χ1) is 13.0. The van der Waals surface area contributed by atoms with Crippen LogP contribution in [0.25, 0.3) is 0 Å². The Labute approximate surface area is 159 Å². The highest BCUT2D eigenvalue weighted by Gasteiger charge is 2.29. The standard InChI is InChI=1S/C21H24N2O4/c1-23(13-15-5-3-7-18(11-15)26-2)20(24)14-27-19-8-4-6-17(12-19)22-21(25)16-9-10-16/h3-8,11-12,16H,9-10,13-14H2,1-2H3,(H,22,25). The van der Waals surface area contributed by atoms with Crippen LogP contribution < -0.4 is 14.8 Å². The van der Waals surface area contributed by atoms with Gasteiger partial charge >= 0.3 is 0 Å². The Morgan fingerprint density at radius 3 is 2.59 bits per heavy atom. The van der Waals surface area contributed by atoms with Gasteiger partial charge in [0.1, 0.15) is 11.5 Å². The first kappa shape index (κ1) is 18.8. The highest BCUT2D eigenvalue weighted by molar-refractivity contribution is 5.94. The van der Waals surface area contributed by atoms with Gasteiger partial charge in [0.25, 0.3) is 5.91 Å². The minimum atomic E-state index is -0.134. The van der Waals surface area contributed by atoms with E-state index in [4.69, 9.17) is 9.47 Å². The van der Waals surface area contributed by atoms with E-state index in [2.05, 4.69) is 5.32 Å². The number of nitrogens with one attached hydrogen (secondary N) is 1. The second-order valence-electron chi connectivity index (χ2n) is 6.68. The van der Waals surface area contributed by atoms with E-state index in [0.29, 0.717) is 18.0 Å². The van der Waals surface area contributed by atoms with Gasteiger partial charge in [0.05, 0.1) is 7.11 Å². The van der Waals surface area contributed by atoms with Crippen molar-refractivity contribution in [1.29, 1.82) is 0 Å². The van der Waals surface area contributed by atoms with Crippen LogP contribution in [0.15, 0.2) is 48.5 Å². The maximum Gasteiger partial charge on any atom is 0.260 e. The van der Waals surface area contributed by atoms with Crippen molar-refractivity contribution in [3.8, 4) is 11.5 Å². The fourth-order valence-electron chi connectivity index (χ4n) is 2.64. The number of likely N-dealkylation sites (N-methyl/N-ethyl adjacent to an activating group) is 1. The number of benzene rings is 2. The van der Waals surface area contributed by atoms with E-state index in [1.54, 1.807) is 37.3 Å². The Hall–Kier alpha value is -3.02. The molecule has 1 saturated carbocycles. The molecular weight excluding hydrogens is 344 g/mol. The van der Waals surface area contributed by atoms with Gasteiger partial charge in [-0.05, 0) is 42.7 Å². The van der Waals surface area contributed by atoms with Crippen molar-refractivity contribution in [2.45, 2.75) is 19.4 Å². The summed E-state index contributed by atoms with van der Waals surface area (Å²) in [5.41, 5.74) is 1.66. The maximum atomic E-state index is 12.3. The molecule has 0 radical (unpaired) electrons. The predicted molar refractivity (Wildman–Crippen MR) is 103 cm³/mol. The van der Waals surface area contributed by atoms with E-state index in [0.717, 1.165) is 24.2 Å². The van der Waals surface area contributed by atoms with E-state index < -0.39 is 0 Å². The van der Waals surface area contributed by atoms with Gasteiger partial charge in [-0.2, -0.15) is 0 Å². The predicted octanol–water partition coefficient (Wildman–Crippen LogP) is 3.08. The second-order valence-corrected chi connectivity index (χ2v) is 6.68. The molecule has 1 aliphatic rings. The first-order valence-corrected chi connectivity index (χ1v) is 8.96. The molecule has 0 aliphatic heterocycles. The molecule has 2 amide bonds. The lowest BCUT2D eigenvalue weighted by molar-refractivity contribution is -0.132. The van der Waals surface area contributed by atoms with Crippen LogP contribution in [0.2, 0.25) is 0 Å². The number of anilines is 1. The van der Waals surface area contributed by atoms with Gasteiger partial charge in [-0.25, -0.2) is 0 Å². The fourth-order valence-corrected chi connectivity index (χ4v) is 2.64. The normalized spacial score (nSPS) is 13.0. The minimum absolute atomic E-state index is 0.0428. The number of nitrogens with zero attached hydrogens (tertiary/aromatic N) is 1. The van der Waals surface area contributed by atoms with E-state index in [-0.39, 0.29) is 24.3 Å². The molecule has 2 aromatic carbocycles. The van der Waals surface area contributed by atoms with Crippen molar-refractivity contribution in [1.82, 2.24) is 4.90 Å². The molecule has 0 bridgehead atoms. The van der Waals surface area contributed by atoms with Crippen molar-refractivity contribution in [3.05, 3.63) is 54.1 Å². The van der Waals surface area contributed by atoms with Crippen LogP contribution in [0.4, 0.5) is 5.69 Å². The van der Waals surface area contributed by atoms with Gasteiger partial charge in [-0.3, -0.25) is 9.59 Å². The van der Waals surface area contributed by atoms with Crippen LogP contribution in [-0.4, -0.2) is 37.5 Å². The Kier molecular flexibility index (Phi) is 5.96. The summed E-state index contributed by atoms with van der Waals surface area (Å²) >= 11 is 0. The number of carbonyl (C=O) groups is 2. The van der Waals surface area contributed by atoms with Crippen molar-refractivity contribution in [2.75, 3.05) is 26.1 Å². The van der Waals surface area contributed by atoms with E-state index in [1.165, 1.54) is 0 Å². The number of carbonyl (C=O) groups excluding carboxylic acids is 2. The summed E-state index contributed by atoms with van der Waals surface area (Å²) in [5.74, 6) is 1.36.